The third kappa shape index (κ3) is 4.17. The molecule has 0 fully saturated rings. The first-order valence-electron chi connectivity index (χ1n) is 17.5. The summed E-state index contributed by atoms with van der Waals surface area (Å²) in [6.07, 6.45) is 0. The molecule has 0 spiro atoms. The van der Waals surface area contributed by atoms with Crippen molar-refractivity contribution in [1.29, 1.82) is 0 Å². The summed E-state index contributed by atoms with van der Waals surface area (Å²) in [5.41, 5.74) is 8.98. The number of hydrogen-bond donors (Lipinski definition) is 0. The summed E-state index contributed by atoms with van der Waals surface area (Å²) in [5, 5.41) is 6.32. The van der Waals surface area contributed by atoms with Gasteiger partial charge in [-0.15, -0.1) is 0 Å². The first-order valence-corrected chi connectivity index (χ1v) is 15.0. The van der Waals surface area contributed by atoms with E-state index in [1.54, 1.807) is 6.07 Å². The highest BCUT2D eigenvalue weighted by atomic mass is 16.3. The van der Waals surface area contributed by atoms with Gasteiger partial charge in [-0.1, -0.05) is 145 Å². The van der Waals surface area contributed by atoms with E-state index in [1.807, 2.05) is 18.2 Å². The van der Waals surface area contributed by atoms with Crippen LogP contribution in [-0.4, -0.2) is 0 Å². The second kappa shape index (κ2) is 10.4. The Kier molecular flexibility index (Phi) is 4.81. The Morgan fingerprint density at radius 3 is 1.67 bits per heavy atom. The summed E-state index contributed by atoms with van der Waals surface area (Å²) in [6.45, 7) is 0. The highest BCUT2D eigenvalue weighted by Gasteiger charge is 2.19. The minimum absolute atomic E-state index is 0.177. The maximum atomic E-state index is 8.49. The third-order valence-electron chi connectivity index (χ3n) is 8.76. The summed E-state index contributed by atoms with van der Waals surface area (Å²) in [7, 11) is 0. The predicted molar refractivity (Wildman–Crippen MR) is 190 cm³/mol. The molecular weight excluding hydrogens is 544 g/mol. The smallest absolute Gasteiger partial charge is 0.136 e. The molecule has 1 heteroatoms. The Bertz CT molecular complexity index is 2730. The van der Waals surface area contributed by atoms with Gasteiger partial charge in [-0.05, 0) is 90.3 Å². The molecule has 210 valence electrons. The lowest BCUT2D eigenvalue weighted by Crippen LogP contribution is -1.92. The molecule has 8 aromatic carbocycles. The van der Waals surface area contributed by atoms with Gasteiger partial charge in [0.2, 0.25) is 0 Å². The quantitative estimate of drug-likeness (QED) is 0.190. The van der Waals surface area contributed by atoms with Gasteiger partial charge in [-0.2, -0.15) is 0 Å². The zero-order chi connectivity index (χ0) is 34.1. The second-order valence-corrected chi connectivity index (χ2v) is 11.3. The normalized spacial score (nSPS) is 13.1. The highest BCUT2D eigenvalue weighted by molar-refractivity contribution is 6.23. The monoisotopic (exact) mass is 577 g/mol. The molecule has 0 bridgehead atoms. The van der Waals surface area contributed by atoms with Crippen LogP contribution in [0.3, 0.4) is 0 Å². The van der Waals surface area contributed by atoms with Crippen molar-refractivity contribution in [3.05, 3.63) is 170 Å². The molecule has 0 radical (unpaired) electrons. The van der Waals surface area contributed by atoms with Gasteiger partial charge in [0.05, 0.1) is 6.85 Å². The average molecular weight is 578 g/mol. The van der Waals surface area contributed by atoms with Gasteiger partial charge >= 0.3 is 0 Å². The Balaban J connectivity index is 1.26. The standard InChI is InChI=1S/C44H28O/c1-3-13-29(14-4-1)31-24-26-41-40(27-31)34-25-23-32(28-42(34)45-41)43-36-19-9-11-21-38(36)44(39-22-12-10-20-37(39)43)35-18-8-7-17-33(35)30-15-5-2-6-16-30/h1-28H/i1D,3D,4D,13D,14D. The van der Waals surface area contributed by atoms with E-state index in [1.165, 1.54) is 22.3 Å². The SMILES string of the molecule is [2H]c1c([2H])c([2H])c(-c2ccc3oc4cc(-c5c6ccccc6c(-c6ccccc6-c6ccccc6)c6ccccc56)ccc4c3c2)c([2H])c1[2H]. The van der Waals surface area contributed by atoms with Crippen LogP contribution in [0.25, 0.3) is 88.0 Å². The molecule has 0 N–H and O–H groups in total. The largest absolute Gasteiger partial charge is 0.456 e. The zero-order valence-corrected chi connectivity index (χ0v) is 24.2. The Morgan fingerprint density at radius 2 is 0.956 bits per heavy atom. The van der Waals surface area contributed by atoms with Crippen LogP contribution < -0.4 is 0 Å². The molecule has 0 saturated heterocycles. The molecule has 1 aromatic heterocycles. The van der Waals surface area contributed by atoms with Crippen molar-refractivity contribution in [2.24, 2.45) is 0 Å². The zero-order valence-electron chi connectivity index (χ0n) is 29.2. The lowest BCUT2D eigenvalue weighted by atomic mass is 9.84. The van der Waals surface area contributed by atoms with Crippen molar-refractivity contribution < 1.29 is 11.3 Å². The fraction of sp³-hybridized carbons (Fsp3) is 0. The highest BCUT2D eigenvalue weighted by Crippen LogP contribution is 2.46. The summed E-state index contributed by atoms with van der Waals surface area (Å²) >= 11 is 0. The van der Waals surface area contributed by atoms with Crippen molar-refractivity contribution in [3.63, 3.8) is 0 Å². The number of hydrogen-bond acceptors (Lipinski definition) is 1. The van der Waals surface area contributed by atoms with Crippen LogP contribution in [0, 0.1) is 0 Å². The Hall–Kier alpha value is -5.92. The molecular formula is C44H28O. The topological polar surface area (TPSA) is 13.1 Å². The van der Waals surface area contributed by atoms with E-state index in [-0.39, 0.29) is 29.7 Å². The van der Waals surface area contributed by atoms with E-state index in [2.05, 4.69) is 115 Å². The lowest BCUT2D eigenvalue weighted by molar-refractivity contribution is 0.669. The molecule has 0 aliphatic rings. The molecule has 1 nitrogen and oxygen atoms in total. The average Bonchev–Trinajstić information content (AvgIpc) is 3.53. The van der Waals surface area contributed by atoms with E-state index >= 15 is 0 Å². The summed E-state index contributed by atoms with van der Waals surface area (Å²) in [4.78, 5) is 0. The van der Waals surface area contributed by atoms with E-state index in [4.69, 9.17) is 11.3 Å². The van der Waals surface area contributed by atoms with E-state index < -0.39 is 6.04 Å². The van der Waals surface area contributed by atoms with Gasteiger partial charge < -0.3 is 4.42 Å². The van der Waals surface area contributed by atoms with Gasteiger partial charge in [0, 0.05) is 10.8 Å². The van der Waals surface area contributed by atoms with Crippen molar-refractivity contribution in [1.82, 2.24) is 0 Å². The van der Waals surface area contributed by atoms with Gasteiger partial charge in [-0.25, -0.2) is 0 Å². The van der Waals surface area contributed by atoms with Gasteiger partial charge in [0.25, 0.3) is 0 Å². The molecule has 0 unspecified atom stereocenters. The van der Waals surface area contributed by atoms with E-state index in [0.29, 0.717) is 16.7 Å². The van der Waals surface area contributed by atoms with E-state index in [9.17, 15) is 0 Å². The number of benzene rings is 8. The first-order chi connectivity index (χ1) is 24.4. The van der Waals surface area contributed by atoms with Crippen LogP contribution in [0.15, 0.2) is 174 Å². The summed E-state index contributed by atoms with van der Waals surface area (Å²) < 4.78 is 47.7. The molecule has 9 aromatic rings. The van der Waals surface area contributed by atoms with Gasteiger partial charge in [-0.3, -0.25) is 0 Å². The Labute approximate surface area is 268 Å². The molecule has 9 rings (SSSR count). The maximum Gasteiger partial charge on any atom is 0.136 e. The maximum absolute atomic E-state index is 8.49. The van der Waals surface area contributed by atoms with Crippen LogP contribution in [0.5, 0.6) is 0 Å². The van der Waals surface area contributed by atoms with Crippen LogP contribution in [0.2, 0.25) is 0 Å². The number of furan rings is 1. The van der Waals surface area contributed by atoms with Crippen molar-refractivity contribution in [3.8, 4) is 44.5 Å². The minimum atomic E-state index is -0.403. The van der Waals surface area contributed by atoms with Crippen molar-refractivity contribution in [2.45, 2.75) is 0 Å². The van der Waals surface area contributed by atoms with Crippen molar-refractivity contribution in [2.75, 3.05) is 0 Å². The Morgan fingerprint density at radius 1 is 0.356 bits per heavy atom. The fourth-order valence-corrected chi connectivity index (χ4v) is 6.78. The fourth-order valence-electron chi connectivity index (χ4n) is 6.78. The van der Waals surface area contributed by atoms with Crippen LogP contribution in [-0.2, 0) is 0 Å². The van der Waals surface area contributed by atoms with Gasteiger partial charge in [0.1, 0.15) is 11.2 Å². The predicted octanol–water partition coefficient (Wildman–Crippen LogP) is 12.6. The number of fused-ring (bicyclic) bond motifs is 5. The summed E-state index contributed by atoms with van der Waals surface area (Å²) in [5.74, 6) is 0. The summed E-state index contributed by atoms with van der Waals surface area (Å²) in [6, 6.07) is 46.5. The van der Waals surface area contributed by atoms with Crippen LogP contribution in [0.1, 0.15) is 6.85 Å². The molecule has 0 amide bonds. The molecule has 0 aliphatic heterocycles. The molecule has 45 heavy (non-hydrogen) atoms. The molecule has 0 atom stereocenters. The molecule has 0 saturated carbocycles. The lowest BCUT2D eigenvalue weighted by Gasteiger charge is -2.19. The third-order valence-corrected chi connectivity index (χ3v) is 8.76. The first kappa shape index (κ1) is 20.9. The van der Waals surface area contributed by atoms with Crippen LogP contribution >= 0.6 is 0 Å². The number of rotatable bonds is 4. The van der Waals surface area contributed by atoms with Crippen LogP contribution in [0.4, 0.5) is 0 Å². The molecule has 1 heterocycles. The van der Waals surface area contributed by atoms with Gasteiger partial charge in [0.15, 0.2) is 0 Å². The molecule has 0 aliphatic carbocycles. The van der Waals surface area contributed by atoms with E-state index in [0.717, 1.165) is 43.4 Å². The minimum Gasteiger partial charge on any atom is -0.456 e. The van der Waals surface area contributed by atoms with Crippen molar-refractivity contribution >= 4 is 43.5 Å². The second-order valence-electron chi connectivity index (χ2n) is 11.3.